The molecule has 1 aliphatic rings. The maximum Gasteiger partial charge on any atom is 0.220 e. The lowest BCUT2D eigenvalue weighted by molar-refractivity contribution is -0.119. The molecule has 2 rings (SSSR count). The largest absolute Gasteiger partial charge is 0.504 e. The van der Waals surface area contributed by atoms with Gasteiger partial charge >= 0.3 is 0 Å². The minimum absolute atomic E-state index is 0.0769. The summed E-state index contributed by atoms with van der Waals surface area (Å²) in [4.78, 5) is 11.0. The summed E-state index contributed by atoms with van der Waals surface area (Å²) in [5.41, 5.74) is 0.476. The monoisotopic (exact) mass is 209 g/mol. The molecule has 5 nitrogen and oxygen atoms in total. The molecule has 1 aliphatic heterocycles. The van der Waals surface area contributed by atoms with Gasteiger partial charge in [0.05, 0.1) is 0 Å². The molecular formula is C10H11NO4. The van der Waals surface area contributed by atoms with E-state index in [-0.39, 0.29) is 29.7 Å². The minimum atomic E-state index is -0.535. The van der Waals surface area contributed by atoms with E-state index in [0.29, 0.717) is 12.1 Å². The van der Waals surface area contributed by atoms with E-state index >= 15 is 0 Å². The van der Waals surface area contributed by atoms with Crippen LogP contribution in [0.5, 0.6) is 17.2 Å². The second kappa shape index (κ2) is 3.34. The van der Waals surface area contributed by atoms with Gasteiger partial charge in [0.1, 0.15) is 0 Å². The first-order valence-electron chi connectivity index (χ1n) is 4.60. The highest BCUT2D eigenvalue weighted by atomic mass is 16.3. The molecule has 0 radical (unpaired) electrons. The van der Waals surface area contributed by atoms with Crippen LogP contribution in [0, 0.1) is 0 Å². The zero-order valence-corrected chi connectivity index (χ0v) is 7.90. The van der Waals surface area contributed by atoms with Gasteiger partial charge in [-0.1, -0.05) is 6.07 Å². The van der Waals surface area contributed by atoms with E-state index in [0.717, 1.165) is 0 Å². The van der Waals surface area contributed by atoms with E-state index in [9.17, 15) is 15.0 Å². The average Bonchev–Trinajstić information content (AvgIpc) is 2.61. The van der Waals surface area contributed by atoms with Gasteiger partial charge in [0.2, 0.25) is 11.7 Å². The van der Waals surface area contributed by atoms with Gasteiger partial charge in [0, 0.05) is 24.4 Å². The van der Waals surface area contributed by atoms with E-state index in [4.69, 9.17) is 5.11 Å². The predicted octanol–water partition coefficient (Wildman–Crippen LogP) is 0.407. The van der Waals surface area contributed by atoms with Crippen LogP contribution < -0.4 is 5.32 Å². The van der Waals surface area contributed by atoms with E-state index in [2.05, 4.69) is 5.32 Å². The van der Waals surface area contributed by atoms with Crippen molar-refractivity contribution < 1.29 is 20.1 Å². The first-order valence-corrected chi connectivity index (χ1v) is 4.60. The maximum absolute atomic E-state index is 11.0. The number of nitrogens with one attached hydrogen (secondary N) is 1. The summed E-state index contributed by atoms with van der Waals surface area (Å²) < 4.78 is 0. The summed E-state index contributed by atoms with van der Waals surface area (Å²) in [6, 6.07) is 2.81. The van der Waals surface area contributed by atoms with Crippen LogP contribution in [0.15, 0.2) is 12.1 Å². The van der Waals surface area contributed by atoms with Crippen molar-refractivity contribution in [2.75, 3.05) is 6.54 Å². The first-order chi connectivity index (χ1) is 7.09. The van der Waals surface area contributed by atoms with Crippen LogP contribution in [0.2, 0.25) is 0 Å². The molecule has 1 atom stereocenters. The number of phenols is 3. The molecule has 80 valence electrons. The smallest absolute Gasteiger partial charge is 0.220 e. The number of benzene rings is 1. The summed E-state index contributed by atoms with van der Waals surface area (Å²) in [5, 5.41) is 30.6. The fourth-order valence-electron chi connectivity index (χ4n) is 1.74. The third-order valence-electron chi connectivity index (χ3n) is 2.58. The Hall–Kier alpha value is -1.91. The third kappa shape index (κ3) is 1.56. The van der Waals surface area contributed by atoms with Gasteiger partial charge in [-0.05, 0) is 6.07 Å². The second-order valence-electron chi connectivity index (χ2n) is 3.58. The van der Waals surface area contributed by atoms with Gasteiger partial charge in [-0.3, -0.25) is 4.79 Å². The molecule has 1 heterocycles. The standard InChI is InChI=1S/C10H11NO4/c12-7-2-1-6(9(14)10(7)15)5-3-8(13)11-4-5/h1-2,5,12,14-15H,3-4H2,(H,11,13). The molecule has 1 aromatic rings. The summed E-state index contributed by atoms with van der Waals surface area (Å²) in [5.74, 6) is -1.48. The zero-order valence-electron chi connectivity index (χ0n) is 7.90. The van der Waals surface area contributed by atoms with E-state index in [1.54, 1.807) is 0 Å². The highest BCUT2D eigenvalue weighted by Crippen LogP contribution is 2.41. The molecule has 0 spiro atoms. The Bertz CT molecular complexity index is 416. The van der Waals surface area contributed by atoms with Crippen molar-refractivity contribution in [1.29, 1.82) is 0 Å². The van der Waals surface area contributed by atoms with Crippen LogP contribution in [0.3, 0.4) is 0 Å². The Balaban J connectivity index is 2.37. The van der Waals surface area contributed by atoms with Gasteiger partial charge in [0.15, 0.2) is 11.5 Å². The molecule has 0 saturated carbocycles. The maximum atomic E-state index is 11.0. The Kier molecular flexibility index (Phi) is 2.15. The highest BCUT2D eigenvalue weighted by Gasteiger charge is 2.26. The lowest BCUT2D eigenvalue weighted by Gasteiger charge is -2.11. The van der Waals surface area contributed by atoms with Gasteiger partial charge in [0.25, 0.3) is 0 Å². The van der Waals surface area contributed by atoms with Crippen molar-refractivity contribution in [2.24, 2.45) is 0 Å². The first kappa shape index (κ1) is 9.64. The van der Waals surface area contributed by atoms with Crippen molar-refractivity contribution >= 4 is 5.91 Å². The molecule has 0 bridgehead atoms. The molecule has 4 N–H and O–H groups in total. The molecular weight excluding hydrogens is 198 g/mol. The normalized spacial score (nSPS) is 20.3. The number of aromatic hydroxyl groups is 3. The molecule has 1 fully saturated rings. The molecule has 0 aromatic heterocycles. The van der Waals surface area contributed by atoms with Crippen molar-refractivity contribution in [1.82, 2.24) is 5.32 Å². The quantitative estimate of drug-likeness (QED) is 0.504. The fraction of sp³-hybridized carbons (Fsp3) is 0.300. The Morgan fingerprint density at radius 1 is 1.20 bits per heavy atom. The average molecular weight is 209 g/mol. The number of hydrogen-bond acceptors (Lipinski definition) is 4. The molecule has 1 saturated heterocycles. The highest BCUT2D eigenvalue weighted by molar-refractivity contribution is 5.79. The lowest BCUT2D eigenvalue weighted by Crippen LogP contribution is -2.13. The molecule has 1 amide bonds. The van der Waals surface area contributed by atoms with Gasteiger partial charge in [-0.15, -0.1) is 0 Å². The molecule has 15 heavy (non-hydrogen) atoms. The minimum Gasteiger partial charge on any atom is -0.504 e. The van der Waals surface area contributed by atoms with Gasteiger partial charge < -0.3 is 20.6 Å². The van der Waals surface area contributed by atoms with Crippen LogP contribution >= 0.6 is 0 Å². The number of amides is 1. The van der Waals surface area contributed by atoms with Crippen molar-refractivity contribution in [3.05, 3.63) is 17.7 Å². The number of phenolic OH excluding ortho intramolecular Hbond substituents is 3. The lowest BCUT2D eigenvalue weighted by atomic mass is 9.97. The van der Waals surface area contributed by atoms with E-state index < -0.39 is 5.75 Å². The predicted molar refractivity (Wildman–Crippen MR) is 51.8 cm³/mol. The Labute approximate surface area is 86.0 Å². The van der Waals surface area contributed by atoms with Gasteiger partial charge in [-0.2, -0.15) is 0 Å². The summed E-state index contributed by atoms with van der Waals surface area (Å²) in [6.07, 6.45) is 0.289. The fourth-order valence-corrected chi connectivity index (χ4v) is 1.74. The molecule has 5 heteroatoms. The summed E-state index contributed by atoms with van der Waals surface area (Å²) in [7, 11) is 0. The zero-order chi connectivity index (χ0) is 11.0. The second-order valence-corrected chi connectivity index (χ2v) is 3.58. The summed E-state index contributed by atoms with van der Waals surface area (Å²) in [6.45, 7) is 0.441. The molecule has 1 aromatic carbocycles. The van der Waals surface area contributed by atoms with Crippen molar-refractivity contribution in [2.45, 2.75) is 12.3 Å². The van der Waals surface area contributed by atoms with Crippen LogP contribution in [-0.2, 0) is 4.79 Å². The molecule has 0 aliphatic carbocycles. The topological polar surface area (TPSA) is 89.8 Å². The Morgan fingerprint density at radius 3 is 2.53 bits per heavy atom. The van der Waals surface area contributed by atoms with E-state index in [1.807, 2.05) is 0 Å². The van der Waals surface area contributed by atoms with Crippen molar-refractivity contribution in [3.63, 3.8) is 0 Å². The number of carbonyl (C=O) groups excluding carboxylic acids is 1. The van der Waals surface area contributed by atoms with E-state index in [1.165, 1.54) is 12.1 Å². The van der Waals surface area contributed by atoms with Crippen LogP contribution in [0.4, 0.5) is 0 Å². The number of hydrogen-bond donors (Lipinski definition) is 4. The van der Waals surface area contributed by atoms with Crippen LogP contribution in [-0.4, -0.2) is 27.8 Å². The van der Waals surface area contributed by atoms with Crippen molar-refractivity contribution in [3.8, 4) is 17.2 Å². The SMILES string of the molecule is O=C1CC(c2ccc(O)c(O)c2O)CN1. The van der Waals surface area contributed by atoms with Crippen LogP contribution in [0.25, 0.3) is 0 Å². The molecule has 1 unspecified atom stereocenters. The number of rotatable bonds is 1. The third-order valence-corrected chi connectivity index (χ3v) is 2.58. The Morgan fingerprint density at radius 2 is 1.93 bits per heavy atom. The van der Waals surface area contributed by atoms with Gasteiger partial charge in [-0.25, -0.2) is 0 Å². The summed E-state index contributed by atoms with van der Waals surface area (Å²) >= 11 is 0. The van der Waals surface area contributed by atoms with Crippen LogP contribution in [0.1, 0.15) is 17.9 Å². The number of carbonyl (C=O) groups is 1.